The number of hydrogen-bond donors (Lipinski definition) is 2. The third-order valence-electron chi connectivity index (χ3n) is 12.8. The van der Waals surface area contributed by atoms with Crippen molar-refractivity contribution in [3.8, 4) is 56.8 Å². The molecular weight excluding hydrogens is 873 g/mol. The van der Waals surface area contributed by atoms with Crippen LogP contribution in [0.5, 0.6) is 34.5 Å². The molecule has 2 N–H and O–H groups in total. The smallest absolute Gasteiger partial charge is 0.169 e. The highest BCUT2D eigenvalue weighted by Crippen LogP contribution is 2.48. The van der Waals surface area contributed by atoms with Crippen molar-refractivity contribution in [1.29, 1.82) is 0 Å². The van der Waals surface area contributed by atoms with Crippen LogP contribution in [0.1, 0.15) is 0 Å². The van der Waals surface area contributed by atoms with E-state index in [0.29, 0.717) is 34.5 Å². The van der Waals surface area contributed by atoms with Crippen LogP contribution in [-0.2, 0) is 0 Å². The van der Waals surface area contributed by atoms with E-state index in [2.05, 4.69) is 84.9 Å². The van der Waals surface area contributed by atoms with Crippen molar-refractivity contribution >= 4 is 64.6 Å². The van der Waals surface area contributed by atoms with Crippen LogP contribution < -0.4 is 28.4 Å². The van der Waals surface area contributed by atoms with E-state index in [1.165, 1.54) is 0 Å². The number of aliphatic hydroxyl groups is 2. The zero-order valence-electron chi connectivity index (χ0n) is 38.5. The summed E-state index contributed by atoms with van der Waals surface area (Å²) in [7, 11) is 0. The molecule has 8 nitrogen and oxygen atoms in total. The van der Waals surface area contributed by atoms with Crippen LogP contribution in [0, 0.1) is 0 Å². The van der Waals surface area contributed by atoms with Gasteiger partial charge in [0.1, 0.15) is 62.6 Å². The molecule has 70 heavy (non-hydrogen) atoms. The van der Waals surface area contributed by atoms with Gasteiger partial charge >= 0.3 is 0 Å². The molecule has 0 fully saturated rings. The van der Waals surface area contributed by atoms with Gasteiger partial charge in [0.25, 0.3) is 0 Å². The van der Waals surface area contributed by atoms with Gasteiger partial charge in [0.2, 0.25) is 0 Å². The van der Waals surface area contributed by atoms with Gasteiger partial charge in [0.05, 0.1) is 13.2 Å². The standard InChI is InChI=1S/C62H50O8/c63-33-35-65-53-29-25-41-13-1-5-17-45(41)57(53)59-47-19-7-3-15-43(47)27-31-55(59)67-37-39-69-61-51-23-11-9-21-49(51)50-22-10-12-24-52(50)62(61)70-40-38-68-56-32-28-44-16-4-8-20-48(44)60(56)58-46-18-6-2-14-42(46)26-30-54(58)66-36-34-64/h1-32,63-64H,33-40H2. The predicted octanol–water partition coefficient (Wildman–Crippen LogP) is 13.6. The fourth-order valence-corrected chi connectivity index (χ4v) is 9.78. The largest absolute Gasteiger partial charge is 0.491 e. The minimum absolute atomic E-state index is 0.106. The van der Waals surface area contributed by atoms with E-state index in [0.717, 1.165) is 86.9 Å². The normalized spacial score (nSPS) is 11.5. The molecule has 0 saturated carbocycles. The van der Waals surface area contributed by atoms with Crippen LogP contribution in [0.2, 0.25) is 0 Å². The maximum absolute atomic E-state index is 9.77. The minimum Gasteiger partial charge on any atom is -0.491 e. The Morgan fingerprint density at radius 2 is 0.471 bits per heavy atom. The lowest BCUT2D eigenvalue weighted by Crippen LogP contribution is -2.13. The van der Waals surface area contributed by atoms with Crippen molar-refractivity contribution in [1.82, 2.24) is 0 Å². The van der Waals surface area contributed by atoms with E-state index in [4.69, 9.17) is 28.4 Å². The van der Waals surface area contributed by atoms with Crippen LogP contribution in [0.3, 0.4) is 0 Å². The molecule has 8 heteroatoms. The van der Waals surface area contributed by atoms with Gasteiger partial charge in [-0.25, -0.2) is 0 Å². The van der Waals surface area contributed by atoms with Gasteiger partial charge in [-0.05, 0) is 78.1 Å². The highest BCUT2D eigenvalue weighted by molar-refractivity contribution is 6.14. The number of fused-ring (bicyclic) bond motifs is 7. The molecule has 11 aromatic carbocycles. The summed E-state index contributed by atoms with van der Waals surface area (Å²) in [6.07, 6.45) is 0. The molecule has 0 aromatic heterocycles. The summed E-state index contributed by atoms with van der Waals surface area (Å²) in [6.45, 7) is 1.01. The van der Waals surface area contributed by atoms with Crippen molar-refractivity contribution < 1.29 is 38.6 Å². The summed E-state index contributed by atoms with van der Waals surface area (Å²) in [4.78, 5) is 0. The molecule has 0 aliphatic rings. The van der Waals surface area contributed by atoms with Crippen molar-refractivity contribution in [3.63, 3.8) is 0 Å². The Bertz CT molecular complexity index is 3440. The first-order valence-electron chi connectivity index (χ1n) is 23.7. The molecule has 0 unspecified atom stereocenters. The minimum atomic E-state index is -0.106. The first-order valence-corrected chi connectivity index (χ1v) is 23.7. The molecule has 0 radical (unpaired) electrons. The van der Waals surface area contributed by atoms with E-state index in [1.807, 2.05) is 109 Å². The molecule has 11 rings (SSSR count). The van der Waals surface area contributed by atoms with E-state index >= 15 is 0 Å². The van der Waals surface area contributed by atoms with E-state index in [1.54, 1.807) is 0 Å². The Morgan fingerprint density at radius 1 is 0.229 bits per heavy atom. The van der Waals surface area contributed by atoms with E-state index in [9.17, 15) is 10.2 Å². The zero-order chi connectivity index (χ0) is 47.2. The van der Waals surface area contributed by atoms with Gasteiger partial charge in [0, 0.05) is 33.0 Å². The van der Waals surface area contributed by atoms with Crippen LogP contribution >= 0.6 is 0 Å². The highest BCUT2D eigenvalue weighted by atomic mass is 16.6. The number of ether oxygens (including phenoxy) is 6. The van der Waals surface area contributed by atoms with Gasteiger partial charge in [-0.15, -0.1) is 0 Å². The maximum atomic E-state index is 9.77. The molecule has 0 spiro atoms. The van der Waals surface area contributed by atoms with Crippen LogP contribution in [0.4, 0.5) is 0 Å². The number of rotatable bonds is 18. The Morgan fingerprint density at radius 3 is 0.771 bits per heavy atom. The predicted molar refractivity (Wildman–Crippen MR) is 282 cm³/mol. The summed E-state index contributed by atoms with van der Waals surface area (Å²) in [6, 6.07) is 65.7. The lowest BCUT2D eigenvalue weighted by molar-refractivity contribution is 0.195. The van der Waals surface area contributed by atoms with Crippen molar-refractivity contribution in [3.05, 3.63) is 194 Å². The molecule has 0 aliphatic heterocycles. The summed E-state index contributed by atoms with van der Waals surface area (Å²) < 4.78 is 39.5. The number of aliphatic hydroxyl groups excluding tert-OH is 2. The SMILES string of the molecule is OCCOc1ccc2ccccc2c1-c1c(OCCOc2c(OCCOc3ccc4ccccc4c3-c3c(OCCO)ccc4ccccc34)c3ccccc3c3ccccc23)ccc2ccccc12. The van der Waals surface area contributed by atoms with Gasteiger partial charge in [-0.2, -0.15) is 0 Å². The van der Waals surface area contributed by atoms with Gasteiger partial charge in [-0.3, -0.25) is 0 Å². The van der Waals surface area contributed by atoms with Crippen LogP contribution in [0.25, 0.3) is 86.9 Å². The second-order valence-electron chi connectivity index (χ2n) is 16.9. The van der Waals surface area contributed by atoms with Crippen LogP contribution in [0.15, 0.2) is 194 Å². The third-order valence-corrected chi connectivity index (χ3v) is 12.8. The fourth-order valence-electron chi connectivity index (χ4n) is 9.78. The first-order chi connectivity index (χ1) is 34.7. The highest BCUT2D eigenvalue weighted by Gasteiger charge is 2.23. The Kier molecular flexibility index (Phi) is 12.7. The fraction of sp³-hybridized carbons (Fsp3) is 0.129. The first kappa shape index (κ1) is 44.2. The monoisotopic (exact) mass is 922 g/mol. The van der Waals surface area contributed by atoms with Crippen molar-refractivity contribution in [2.24, 2.45) is 0 Å². The Balaban J connectivity index is 0.907. The Labute approximate surface area is 405 Å². The number of hydrogen-bond acceptors (Lipinski definition) is 8. The molecular formula is C62H50O8. The van der Waals surface area contributed by atoms with Gasteiger partial charge in [0.15, 0.2) is 11.5 Å². The average molecular weight is 923 g/mol. The van der Waals surface area contributed by atoms with Gasteiger partial charge in [-0.1, -0.05) is 170 Å². The molecule has 346 valence electrons. The van der Waals surface area contributed by atoms with Crippen molar-refractivity contribution in [2.75, 3.05) is 52.9 Å². The number of benzene rings is 11. The molecule has 0 saturated heterocycles. The molecule has 0 atom stereocenters. The summed E-state index contributed by atoms with van der Waals surface area (Å²) >= 11 is 0. The lowest BCUT2D eigenvalue weighted by atomic mass is 9.92. The molecule has 0 aliphatic carbocycles. The Hall–Kier alpha value is -8.30. The third kappa shape index (κ3) is 8.49. The quantitative estimate of drug-likeness (QED) is 0.0649. The molecule has 0 bridgehead atoms. The zero-order valence-corrected chi connectivity index (χ0v) is 38.5. The summed E-state index contributed by atoms with van der Waals surface area (Å²) in [5.74, 6) is 3.96. The van der Waals surface area contributed by atoms with Crippen molar-refractivity contribution in [2.45, 2.75) is 0 Å². The van der Waals surface area contributed by atoms with Gasteiger partial charge < -0.3 is 38.6 Å². The molecule has 0 heterocycles. The summed E-state index contributed by atoms with van der Waals surface area (Å²) in [5, 5.41) is 31.8. The molecule has 0 amide bonds. The topological polar surface area (TPSA) is 95.8 Å². The second kappa shape index (κ2) is 20.1. The second-order valence-corrected chi connectivity index (χ2v) is 16.9. The maximum Gasteiger partial charge on any atom is 0.169 e. The average Bonchev–Trinajstić information content (AvgIpc) is 3.42. The molecule has 11 aromatic rings. The van der Waals surface area contributed by atoms with E-state index < -0.39 is 0 Å². The van der Waals surface area contributed by atoms with E-state index in [-0.39, 0.29) is 52.9 Å². The van der Waals surface area contributed by atoms with Crippen LogP contribution in [-0.4, -0.2) is 63.1 Å². The lowest BCUT2D eigenvalue weighted by Gasteiger charge is -2.21. The summed E-state index contributed by atoms with van der Waals surface area (Å²) in [5.41, 5.74) is 3.63.